The van der Waals surface area contributed by atoms with Gasteiger partial charge in [-0.25, -0.2) is 0 Å². The number of carboxylic acids is 1. The van der Waals surface area contributed by atoms with Crippen molar-refractivity contribution >= 4 is 27.4 Å². The zero-order chi connectivity index (χ0) is 12.6. The summed E-state index contributed by atoms with van der Waals surface area (Å²) in [5, 5.41) is 9.85. The van der Waals surface area contributed by atoms with Crippen LogP contribution in [0.2, 0.25) is 0 Å². The Kier molecular flexibility index (Phi) is 3.04. The first kappa shape index (κ1) is 11.9. The van der Waals surface area contributed by atoms with Crippen LogP contribution in [0.4, 0.5) is 0 Å². The summed E-state index contributed by atoms with van der Waals surface area (Å²) >= 11 is 1.53. The minimum Gasteiger partial charge on any atom is -0.496 e. The molecule has 0 saturated carbocycles. The molecule has 90 valence electrons. The van der Waals surface area contributed by atoms with E-state index >= 15 is 0 Å². The van der Waals surface area contributed by atoms with Gasteiger partial charge < -0.3 is 15.6 Å². The van der Waals surface area contributed by atoms with E-state index < -0.39 is 12.0 Å². The van der Waals surface area contributed by atoms with Crippen molar-refractivity contribution in [3.8, 4) is 5.75 Å². The van der Waals surface area contributed by atoms with E-state index in [2.05, 4.69) is 0 Å². The van der Waals surface area contributed by atoms with Gasteiger partial charge in [0.25, 0.3) is 0 Å². The van der Waals surface area contributed by atoms with Crippen LogP contribution in [0.1, 0.15) is 16.5 Å². The predicted molar refractivity (Wildman–Crippen MR) is 67.7 cm³/mol. The molecule has 0 bridgehead atoms. The minimum atomic E-state index is -1.03. The summed E-state index contributed by atoms with van der Waals surface area (Å²) in [7, 11) is 1.57. The van der Waals surface area contributed by atoms with Crippen molar-refractivity contribution in [2.75, 3.05) is 7.11 Å². The summed E-state index contributed by atoms with van der Waals surface area (Å²) in [5.74, 6) is -0.364. The Bertz CT molecular complexity index is 576. The normalized spacial score (nSPS) is 12.6. The molecule has 1 aromatic heterocycles. The second kappa shape index (κ2) is 4.35. The van der Waals surface area contributed by atoms with Crippen molar-refractivity contribution in [2.45, 2.75) is 13.0 Å². The van der Waals surface area contributed by atoms with Crippen molar-refractivity contribution in [3.05, 3.63) is 28.6 Å². The number of rotatable bonds is 3. The lowest BCUT2D eigenvalue weighted by Crippen LogP contribution is -2.21. The van der Waals surface area contributed by atoms with Crippen LogP contribution in [0.15, 0.2) is 18.2 Å². The highest BCUT2D eigenvalue weighted by Gasteiger charge is 2.23. The average Bonchev–Trinajstić information content (AvgIpc) is 2.63. The monoisotopic (exact) mass is 251 g/mol. The highest BCUT2D eigenvalue weighted by atomic mass is 32.1. The number of thiophene rings is 1. The number of nitrogens with two attached hydrogens (primary N) is 1. The van der Waals surface area contributed by atoms with Gasteiger partial charge in [0.2, 0.25) is 0 Å². The molecule has 0 aliphatic heterocycles. The average molecular weight is 251 g/mol. The Morgan fingerprint density at radius 1 is 1.53 bits per heavy atom. The Morgan fingerprint density at radius 3 is 2.82 bits per heavy atom. The number of fused-ring (bicyclic) bond motifs is 1. The number of carboxylic acid groups (broad SMARTS) is 1. The van der Waals surface area contributed by atoms with Crippen LogP contribution in [0.3, 0.4) is 0 Å². The Hall–Kier alpha value is -1.59. The molecule has 2 aromatic rings. The molecule has 1 unspecified atom stereocenters. The zero-order valence-corrected chi connectivity index (χ0v) is 10.4. The molecular formula is C12H13NO3S. The number of ether oxygens (including phenoxy) is 1. The first-order chi connectivity index (χ1) is 8.06. The number of hydrogen-bond acceptors (Lipinski definition) is 4. The SMILES string of the molecule is COc1cccc2sc(C)c(C(N)C(=O)O)c12. The highest BCUT2D eigenvalue weighted by molar-refractivity contribution is 7.19. The van der Waals surface area contributed by atoms with Crippen LogP contribution in [-0.4, -0.2) is 18.2 Å². The third-order valence-electron chi connectivity index (χ3n) is 2.70. The van der Waals surface area contributed by atoms with Crippen molar-refractivity contribution in [3.63, 3.8) is 0 Å². The van der Waals surface area contributed by atoms with Crippen LogP contribution in [0.5, 0.6) is 5.75 Å². The number of aliphatic carboxylic acids is 1. The summed E-state index contributed by atoms with van der Waals surface area (Å²) < 4.78 is 6.26. The van der Waals surface area contributed by atoms with Crippen LogP contribution < -0.4 is 10.5 Å². The molecular weight excluding hydrogens is 238 g/mol. The van der Waals surface area contributed by atoms with Gasteiger partial charge >= 0.3 is 5.97 Å². The lowest BCUT2D eigenvalue weighted by molar-refractivity contribution is -0.138. The first-order valence-corrected chi connectivity index (χ1v) is 5.92. The molecule has 3 N–H and O–H groups in total. The number of methoxy groups -OCH3 is 1. The molecule has 0 radical (unpaired) electrons. The maximum Gasteiger partial charge on any atom is 0.325 e. The largest absolute Gasteiger partial charge is 0.496 e. The molecule has 1 heterocycles. The van der Waals surface area contributed by atoms with Gasteiger partial charge in [-0.2, -0.15) is 0 Å². The van der Waals surface area contributed by atoms with E-state index in [0.29, 0.717) is 11.3 Å². The van der Waals surface area contributed by atoms with Gasteiger partial charge in [-0.3, -0.25) is 4.79 Å². The fourth-order valence-electron chi connectivity index (χ4n) is 1.93. The number of hydrogen-bond donors (Lipinski definition) is 2. The Morgan fingerprint density at radius 2 is 2.24 bits per heavy atom. The zero-order valence-electron chi connectivity index (χ0n) is 9.56. The number of benzene rings is 1. The van der Waals surface area contributed by atoms with Gasteiger partial charge in [0.1, 0.15) is 11.8 Å². The molecule has 0 aliphatic rings. The molecule has 0 spiro atoms. The van der Waals surface area contributed by atoms with E-state index in [-0.39, 0.29) is 0 Å². The van der Waals surface area contributed by atoms with Gasteiger partial charge in [-0.15, -0.1) is 11.3 Å². The quantitative estimate of drug-likeness (QED) is 0.878. The van der Waals surface area contributed by atoms with Gasteiger partial charge in [0.15, 0.2) is 0 Å². The lowest BCUT2D eigenvalue weighted by atomic mass is 10.0. The van der Waals surface area contributed by atoms with Crippen molar-refractivity contribution in [1.82, 2.24) is 0 Å². The van der Waals surface area contributed by atoms with Gasteiger partial charge in [-0.05, 0) is 19.1 Å². The second-order valence-corrected chi connectivity index (χ2v) is 4.98. The highest BCUT2D eigenvalue weighted by Crippen LogP contribution is 2.39. The smallest absolute Gasteiger partial charge is 0.325 e. The second-order valence-electron chi connectivity index (χ2n) is 3.72. The van der Waals surface area contributed by atoms with E-state index in [1.807, 2.05) is 25.1 Å². The van der Waals surface area contributed by atoms with Gasteiger partial charge in [0.05, 0.1) is 7.11 Å². The van der Waals surface area contributed by atoms with Crippen LogP contribution >= 0.6 is 11.3 Å². The topological polar surface area (TPSA) is 72.5 Å². The number of aryl methyl sites for hydroxylation is 1. The standard InChI is InChI=1S/C12H13NO3S/c1-6-9(11(13)12(14)15)10-7(16-2)4-3-5-8(10)17-6/h3-5,11H,13H2,1-2H3,(H,14,15). The van der Waals surface area contributed by atoms with Crippen molar-refractivity contribution < 1.29 is 14.6 Å². The Balaban J connectivity index is 2.77. The minimum absolute atomic E-state index is 0.648. The summed E-state index contributed by atoms with van der Waals surface area (Å²) in [5.41, 5.74) is 6.37. The maximum atomic E-state index is 11.0. The Labute approximate surface area is 103 Å². The fourth-order valence-corrected chi connectivity index (χ4v) is 3.05. The molecule has 1 aromatic carbocycles. The van der Waals surface area contributed by atoms with Crippen LogP contribution in [0.25, 0.3) is 10.1 Å². The lowest BCUT2D eigenvalue weighted by Gasteiger charge is -2.09. The molecule has 0 saturated heterocycles. The summed E-state index contributed by atoms with van der Waals surface area (Å²) in [6.07, 6.45) is 0. The molecule has 17 heavy (non-hydrogen) atoms. The number of carbonyl (C=O) groups is 1. The van der Waals surface area contributed by atoms with E-state index in [0.717, 1.165) is 15.0 Å². The van der Waals surface area contributed by atoms with Crippen LogP contribution in [0, 0.1) is 6.92 Å². The predicted octanol–water partition coefficient (Wildman–Crippen LogP) is 2.30. The van der Waals surface area contributed by atoms with E-state index in [4.69, 9.17) is 15.6 Å². The van der Waals surface area contributed by atoms with E-state index in [1.165, 1.54) is 11.3 Å². The summed E-state index contributed by atoms with van der Waals surface area (Å²) in [6, 6.07) is 4.62. The molecule has 2 rings (SSSR count). The molecule has 0 fully saturated rings. The summed E-state index contributed by atoms with van der Waals surface area (Å²) in [6.45, 7) is 1.88. The molecule has 5 heteroatoms. The third kappa shape index (κ3) is 1.87. The molecule has 0 amide bonds. The first-order valence-electron chi connectivity index (χ1n) is 5.10. The van der Waals surface area contributed by atoms with E-state index in [9.17, 15) is 4.79 Å². The van der Waals surface area contributed by atoms with Gasteiger partial charge in [-0.1, -0.05) is 6.07 Å². The fraction of sp³-hybridized carbons (Fsp3) is 0.250. The molecule has 0 aliphatic carbocycles. The molecule has 1 atom stereocenters. The molecule has 4 nitrogen and oxygen atoms in total. The van der Waals surface area contributed by atoms with E-state index in [1.54, 1.807) is 7.11 Å². The van der Waals surface area contributed by atoms with Crippen molar-refractivity contribution in [1.29, 1.82) is 0 Å². The van der Waals surface area contributed by atoms with Crippen LogP contribution in [-0.2, 0) is 4.79 Å². The van der Waals surface area contributed by atoms with Gasteiger partial charge in [0, 0.05) is 20.5 Å². The van der Waals surface area contributed by atoms with Crippen molar-refractivity contribution in [2.24, 2.45) is 5.73 Å². The maximum absolute atomic E-state index is 11.0. The third-order valence-corrected chi connectivity index (χ3v) is 3.78. The summed E-state index contributed by atoms with van der Waals surface area (Å²) in [4.78, 5) is 11.9.